The van der Waals surface area contributed by atoms with Gasteiger partial charge in [0.2, 0.25) is 5.91 Å². The lowest BCUT2D eigenvalue weighted by atomic mass is 10.0. The number of amides is 1. The molecule has 3 rings (SSSR count). The molecule has 4 heteroatoms. The Morgan fingerprint density at radius 3 is 2.73 bits per heavy atom. The summed E-state index contributed by atoms with van der Waals surface area (Å²) in [7, 11) is 1.86. The molecule has 1 amide bonds. The normalized spacial score (nSPS) is 20.9. The largest absolute Gasteiger partial charge is 0.486 e. The van der Waals surface area contributed by atoms with Crippen molar-refractivity contribution in [1.29, 1.82) is 0 Å². The third-order valence-electron chi connectivity index (χ3n) is 4.71. The Morgan fingerprint density at radius 1 is 1.23 bits per heavy atom. The van der Waals surface area contributed by atoms with Crippen molar-refractivity contribution in [3.8, 4) is 11.5 Å². The number of rotatable bonds is 5. The van der Waals surface area contributed by atoms with E-state index in [9.17, 15) is 4.79 Å². The van der Waals surface area contributed by atoms with E-state index in [2.05, 4.69) is 0 Å². The van der Waals surface area contributed by atoms with Gasteiger partial charge in [0.25, 0.3) is 0 Å². The maximum Gasteiger partial charge on any atom is 0.222 e. The van der Waals surface area contributed by atoms with E-state index in [1.54, 1.807) is 4.90 Å². The molecule has 22 heavy (non-hydrogen) atoms. The fourth-order valence-corrected chi connectivity index (χ4v) is 3.38. The lowest BCUT2D eigenvalue weighted by Crippen LogP contribution is -2.41. The molecule has 4 nitrogen and oxygen atoms in total. The predicted molar refractivity (Wildman–Crippen MR) is 85.2 cm³/mol. The summed E-state index contributed by atoms with van der Waals surface area (Å²) in [6.45, 7) is 1.08. The number of hydrogen-bond donors (Lipinski definition) is 0. The molecule has 1 aromatic carbocycles. The van der Waals surface area contributed by atoms with Crippen LogP contribution in [-0.4, -0.2) is 37.1 Å². The number of carbonyl (C=O) groups is 1. The molecule has 120 valence electrons. The molecular weight excluding hydrogens is 278 g/mol. The van der Waals surface area contributed by atoms with Gasteiger partial charge in [0.15, 0.2) is 17.6 Å². The lowest BCUT2D eigenvalue weighted by Gasteiger charge is -2.29. The number of ether oxygens (including phenoxy) is 2. The zero-order valence-corrected chi connectivity index (χ0v) is 13.3. The molecule has 0 radical (unpaired) electrons. The van der Waals surface area contributed by atoms with Gasteiger partial charge in [-0.25, -0.2) is 0 Å². The van der Waals surface area contributed by atoms with Crippen molar-refractivity contribution in [2.24, 2.45) is 5.92 Å². The van der Waals surface area contributed by atoms with Crippen molar-refractivity contribution in [2.45, 2.75) is 44.6 Å². The summed E-state index contributed by atoms with van der Waals surface area (Å²) in [5, 5.41) is 0. The molecule has 0 N–H and O–H groups in total. The number of nitrogens with zero attached hydrogens (tertiary/aromatic N) is 1. The second kappa shape index (κ2) is 7.03. The molecule has 1 saturated carbocycles. The second-order valence-corrected chi connectivity index (χ2v) is 6.46. The molecule has 1 heterocycles. The summed E-state index contributed by atoms with van der Waals surface area (Å²) in [5.74, 6) is 2.53. The van der Waals surface area contributed by atoms with Gasteiger partial charge in [-0.05, 0) is 24.5 Å². The molecule has 1 unspecified atom stereocenters. The van der Waals surface area contributed by atoms with Crippen LogP contribution in [0.2, 0.25) is 0 Å². The van der Waals surface area contributed by atoms with E-state index < -0.39 is 0 Å². The Balaban J connectivity index is 1.45. The van der Waals surface area contributed by atoms with E-state index in [0.29, 0.717) is 19.6 Å². The van der Waals surface area contributed by atoms with E-state index in [4.69, 9.17) is 9.47 Å². The maximum absolute atomic E-state index is 12.2. The topological polar surface area (TPSA) is 38.8 Å². The van der Waals surface area contributed by atoms with Gasteiger partial charge >= 0.3 is 0 Å². The Morgan fingerprint density at radius 2 is 1.95 bits per heavy atom. The number of carbonyl (C=O) groups excluding carboxylic acids is 1. The minimum Gasteiger partial charge on any atom is -0.486 e. The summed E-state index contributed by atoms with van der Waals surface area (Å²) >= 11 is 0. The quantitative estimate of drug-likeness (QED) is 0.838. The predicted octanol–water partition coefficient (Wildman–Crippen LogP) is 3.26. The SMILES string of the molecule is CN(CC1COc2ccccc2O1)C(=O)CCC1CCCC1. The molecule has 1 aliphatic carbocycles. The van der Waals surface area contributed by atoms with Crippen LogP contribution in [0.25, 0.3) is 0 Å². The van der Waals surface area contributed by atoms with E-state index >= 15 is 0 Å². The molecule has 0 spiro atoms. The highest BCUT2D eigenvalue weighted by Crippen LogP contribution is 2.31. The number of likely N-dealkylation sites (N-methyl/N-ethyl adjacent to an activating group) is 1. The Labute approximate surface area is 132 Å². The van der Waals surface area contributed by atoms with E-state index in [1.807, 2.05) is 31.3 Å². The minimum atomic E-state index is -0.0877. The average molecular weight is 303 g/mol. The highest BCUT2D eigenvalue weighted by atomic mass is 16.6. The number of hydrogen-bond acceptors (Lipinski definition) is 3. The molecular formula is C18H25NO3. The van der Waals surface area contributed by atoms with Crippen LogP contribution in [0, 0.1) is 5.92 Å². The van der Waals surface area contributed by atoms with Crippen LogP contribution in [0.5, 0.6) is 11.5 Å². The molecule has 1 aliphatic heterocycles. The molecule has 0 aromatic heterocycles. The first kappa shape index (κ1) is 15.2. The van der Waals surface area contributed by atoms with Crippen LogP contribution in [0.4, 0.5) is 0 Å². The first-order valence-electron chi connectivity index (χ1n) is 8.35. The first-order valence-corrected chi connectivity index (χ1v) is 8.35. The van der Waals surface area contributed by atoms with Crippen LogP contribution < -0.4 is 9.47 Å². The molecule has 0 bridgehead atoms. The highest BCUT2D eigenvalue weighted by molar-refractivity contribution is 5.75. The fraction of sp³-hybridized carbons (Fsp3) is 0.611. The van der Waals surface area contributed by atoms with Crippen LogP contribution in [-0.2, 0) is 4.79 Å². The van der Waals surface area contributed by atoms with Gasteiger partial charge in [0.1, 0.15) is 6.61 Å². The monoisotopic (exact) mass is 303 g/mol. The third kappa shape index (κ3) is 3.73. The molecule has 1 aromatic rings. The van der Waals surface area contributed by atoms with Gasteiger partial charge in [-0.1, -0.05) is 37.8 Å². The fourth-order valence-electron chi connectivity index (χ4n) is 3.38. The van der Waals surface area contributed by atoms with Crippen molar-refractivity contribution in [3.05, 3.63) is 24.3 Å². The summed E-state index contributed by atoms with van der Waals surface area (Å²) in [6.07, 6.45) is 6.87. The van der Waals surface area contributed by atoms with Crippen LogP contribution in [0.15, 0.2) is 24.3 Å². The van der Waals surface area contributed by atoms with E-state index in [0.717, 1.165) is 23.8 Å². The van der Waals surface area contributed by atoms with Crippen LogP contribution in [0.3, 0.4) is 0 Å². The van der Waals surface area contributed by atoms with E-state index in [1.165, 1.54) is 25.7 Å². The smallest absolute Gasteiger partial charge is 0.222 e. The summed E-state index contributed by atoms with van der Waals surface area (Å²) in [6, 6.07) is 7.67. The summed E-state index contributed by atoms with van der Waals surface area (Å²) < 4.78 is 11.6. The second-order valence-electron chi connectivity index (χ2n) is 6.46. The molecule has 2 aliphatic rings. The van der Waals surface area contributed by atoms with Gasteiger partial charge in [-0.3, -0.25) is 4.79 Å². The van der Waals surface area contributed by atoms with Gasteiger partial charge in [-0.15, -0.1) is 0 Å². The average Bonchev–Trinajstić information content (AvgIpc) is 3.06. The Kier molecular flexibility index (Phi) is 4.86. The van der Waals surface area contributed by atoms with Crippen LogP contribution in [0.1, 0.15) is 38.5 Å². The van der Waals surface area contributed by atoms with Gasteiger partial charge in [0.05, 0.1) is 6.54 Å². The zero-order chi connectivity index (χ0) is 15.4. The van der Waals surface area contributed by atoms with Gasteiger partial charge in [0, 0.05) is 13.5 Å². The molecule has 1 fully saturated rings. The van der Waals surface area contributed by atoms with Crippen molar-refractivity contribution in [3.63, 3.8) is 0 Å². The number of benzene rings is 1. The maximum atomic E-state index is 12.2. The zero-order valence-electron chi connectivity index (χ0n) is 13.3. The van der Waals surface area contributed by atoms with Crippen molar-refractivity contribution < 1.29 is 14.3 Å². The van der Waals surface area contributed by atoms with Crippen molar-refractivity contribution in [2.75, 3.05) is 20.2 Å². The number of fused-ring (bicyclic) bond motifs is 1. The van der Waals surface area contributed by atoms with Gasteiger partial charge in [-0.2, -0.15) is 0 Å². The van der Waals surface area contributed by atoms with E-state index in [-0.39, 0.29) is 12.0 Å². The summed E-state index contributed by atoms with van der Waals surface area (Å²) in [5.41, 5.74) is 0. The Hall–Kier alpha value is -1.71. The van der Waals surface area contributed by atoms with Crippen molar-refractivity contribution in [1.82, 2.24) is 4.90 Å². The third-order valence-corrected chi connectivity index (χ3v) is 4.71. The minimum absolute atomic E-state index is 0.0877. The Bertz CT molecular complexity index is 511. The van der Waals surface area contributed by atoms with Crippen molar-refractivity contribution >= 4 is 5.91 Å². The number of para-hydroxylation sites is 2. The lowest BCUT2D eigenvalue weighted by molar-refractivity contribution is -0.131. The molecule has 0 saturated heterocycles. The molecule has 1 atom stereocenters. The first-order chi connectivity index (χ1) is 10.7. The van der Waals surface area contributed by atoms with Gasteiger partial charge < -0.3 is 14.4 Å². The van der Waals surface area contributed by atoms with Crippen LogP contribution >= 0.6 is 0 Å². The summed E-state index contributed by atoms with van der Waals surface area (Å²) in [4.78, 5) is 14.0. The highest BCUT2D eigenvalue weighted by Gasteiger charge is 2.24. The standard InChI is InChI=1S/C18H25NO3/c1-19(18(20)11-10-14-6-2-3-7-14)12-15-13-21-16-8-4-5-9-17(16)22-15/h4-5,8-9,14-15H,2-3,6-7,10-13H2,1H3.